The van der Waals surface area contributed by atoms with E-state index in [0.717, 1.165) is 25.1 Å². The molecule has 1 unspecified atom stereocenters. The van der Waals surface area contributed by atoms with Gasteiger partial charge >= 0.3 is 0 Å². The van der Waals surface area contributed by atoms with Crippen LogP contribution < -0.4 is 10.6 Å². The van der Waals surface area contributed by atoms with E-state index in [1.807, 2.05) is 56.3 Å². The minimum absolute atomic E-state index is 0.0550. The molecule has 1 amide bonds. The van der Waals surface area contributed by atoms with E-state index in [1.54, 1.807) is 0 Å². The fourth-order valence-electron chi connectivity index (χ4n) is 1.96. The number of hydrogen-bond donors (Lipinski definition) is 2. The molecular formula is C15H25N3O. The molecule has 19 heavy (non-hydrogen) atoms. The van der Waals surface area contributed by atoms with Crippen LogP contribution in [0.4, 0.5) is 0 Å². The molecule has 1 rings (SSSR count). The Kier molecular flexibility index (Phi) is 7.15. The molecule has 0 spiro atoms. The standard InChI is InChI=1S/C15H25N3O/c1-13(14-8-5-4-6-9-14)17-15(19)12-18(3)11-7-10-16-2/h4-6,8-9,13,16H,7,10-12H2,1-3H3,(H,17,19). The van der Waals surface area contributed by atoms with Crippen LogP contribution in [0.5, 0.6) is 0 Å². The Balaban J connectivity index is 2.30. The maximum absolute atomic E-state index is 11.9. The van der Waals surface area contributed by atoms with Gasteiger partial charge in [0.25, 0.3) is 0 Å². The number of hydrogen-bond acceptors (Lipinski definition) is 3. The van der Waals surface area contributed by atoms with Crippen molar-refractivity contribution in [3.63, 3.8) is 0 Å². The predicted octanol–water partition coefficient (Wildman–Crippen LogP) is 1.41. The van der Waals surface area contributed by atoms with E-state index in [-0.39, 0.29) is 11.9 Å². The first-order valence-corrected chi connectivity index (χ1v) is 6.81. The summed E-state index contributed by atoms with van der Waals surface area (Å²) in [4.78, 5) is 13.9. The van der Waals surface area contributed by atoms with Crippen molar-refractivity contribution in [1.82, 2.24) is 15.5 Å². The molecule has 1 atom stereocenters. The van der Waals surface area contributed by atoms with Gasteiger partial charge in [-0.2, -0.15) is 0 Å². The molecule has 4 heteroatoms. The predicted molar refractivity (Wildman–Crippen MR) is 79.0 cm³/mol. The summed E-state index contributed by atoms with van der Waals surface area (Å²) < 4.78 is 0. The average Bonchev–Trinajstić information content (AvgIpc) is 2.39. The molecule has 106 valence electrons. The summed E-state index contributed by atoms with van der Waals surface area (Å²) in [5.74, 6) is 0.0725. The third kappa shape index (κ3) is 6.36. The summed E-state index contributed by atoms with van der Waals surface area (Å²) in [6, 6.07) is 10.1. The van der Waals surface area contributed by atoms with Crippen LogP contribution in [0.15, 0.2) is 30.3 Å². The van der Waals surface area contributed by atoms with Gasteiger partial charge in [0.1, 0.15) is 0 Å². The van der Waals surface area contributed by atoms with Crippen molar-refractivity contribution >= 4 is 5.91 Å². The van der Waals surface area contributed by atoms with Crippen LogP contribution in [-0.2, 0) is 4.79 Å². The van der Waals surface area contributed by atoms with Gasteiger partial charge in [-0.3, -0.25) is 9.69 Å². The van der Waals surface area contributed by atoms with Gasteiger partial charge < -0.3 is 10.6 Å². The van der Waals surface area contributed by atoms with Crippen molar-refractivity contribution in [1.29, 1.82) is 0 Å². The minimum Gasteiger partial charge on any atom is -0.348 e. The number of carbonyl (C=O) groups excluding carboxylic acids is 1. The van der Waals surface area contributed by atoms with E-state index in [4.69, 9.17) is 0 Å². The van der Waals surface area contributed by atoms with Crippen molar-refractivity contribution in [3.05, 3.63) is 35.9 Å². The quantitative estimate of drug-likeness (QED) is 0.697. The van der Waals surface area contributed by atoms with E-state index in [1.165, 1.54) is 0 Å². The molecule has 0 saturated heterocycles. The van der Waals surface area contributed by atoms with E-state index in [2.05, 4.69) is 10.6 Å². The molecule has 2 N–H and O–H groups in total. The van der Waals surface area contributed by atoms with Gasteiger partial charge in [-0.1, -0.05) is 30.3 Å². The topological polar surface area (TPSA) is 44.4 Å². The molecule has 0 aliphatic carbocycles. The molecule has 0 bridgehead atoms. The Morgan fingerprint density at radius 1 is 1.32 bits per heavy atom. The number of nitrogens with one attached hydrogen (secondary N) is 2. The Morgan fingerprint density at radius 2 is 2.00 bits per heavy atom. The number of carbonyl (C=O) groups is 1. The molecule has 1 aromatic carbocycles. The lowest BCUT2D eigenvalue weighted by atomic mass is 10.1. The summed E-state index contributed by atoms with van der Waals surface area (Å²) in [6.07, 6.45) is 1.05. The second kappa shape index (κ2) is 8.67. The lowest BCUT2D eigenvalue weighted by molar-refractivity contribution is -0.122. The fraction of sp³-hybridized carbons (Fsp3) is 0.533. The van der Waals surface area contributed by atoms with E-state index < -0.39 is 0 Å². The monoisotopic (exact) mass is 263 g/mol. The van der Waals surface area contributed by atoms with Crippen LogP contribution in [0.2, 0.25) is 0 Å². The van der Waals surface area contributed by atoms with E-state index in [9.17, 15) is 4.79 Å². The largest absolute Gasteiger partial charge is 0.348 e. The maximum atomic E-state index is 11.9. The molecule has 0 heterocycles. The summed E-state index contributed by atoms with van der Waals surface area (Å²) in [7, 11) is 3.91. The minimum atomic E-state index is 0.0550. The highest BCUT2D eigenvalue weighted by Gasteiger charge is 2.10. The number of likely N-dealkylation sites (N-methyl/N-ethyl adjacent to an activating group) is 1. The van der Waals surface area contributed by atoms with Gasteiger partial charge in [0.2, 0.25) is 5.91 Å². The van der Waals surface area contributed by atoms with Crippen LogP contribution in [0, 0.1) is 0 Å². The molecule has 0 saturated carbocycles. The van der Waals surface area contributed by atoms with Crippen molar-refractivity contribution in [2.24, 2.45) is 0 Å². The first-order valence-electron chi connectivity index (χ1n) is 6.81. The van der Waals surface area contributed by atoms with Gasteiger partial charge in [0, 0.05) is 0 Å². The first kappa shape index (κ1) is 15.7. The average molecular weight is 263 g/mol. The third-order valence-electron chi connectivity index (χ3n) is 3.06. The van der Waals surface area contributed by atoms with Crippen LogP contribution >= 0.6 is 0 Å². The number of nitrogens with zero attached hydrogens (tertiary/aromatic N) is 1. The normalized spacial score (nSPS) is 12.4. The molecule has 1 aromatic rings. The smallest absolute Gasteiger partial charge is 0.234 e. The molecule has 0 aliphatic rings. The third-order valence-corrected chi connectivity index (χ3v) is 3.06. The lowest BCUT2D eigenvalue weighted by Crippen LogP contribution is -2.37. The van der Waals surface area contributed by atoms with Gasteiger partial charge in [-0.15, -0.1) is 0 Å². The van der Waals surface area contributed by atoms with Gasteiger partial charge in [0.05, 0.1) is 12.6 Å². The SMILES string of the molecule is CNCCCN(C)CC(=O)NC(C)c1ccccc1. The van der Waals surface area contributed by atoms with Crippen molar-refractivity contribution in [2.75, 3.05) is 33.7 Å². The van der Waals surface area contributed by atoms with Gasteiger partial charge in [-0.25, -0.2) is 0 Å². The second-order valence-corrected chi connectivity index (χ2v) is 4.89. The highest BCUT2D eigenvalue weighted by molar-refractivity contribution is 5.78. The maximum Gasteiger partial charge on any atom is 0.234 e. The Labute approximate surface area is 116 Å². The van der Waals surface area contributed by atoms with Crippen molar-refractivity contribution in [3.8, 4) is 0 Å². The lowest BCUT2D eigenvalue weighted by Gasteiger charge is -2.19. The first-order chi connectivity index (χ1) is 9.13. The van der Waals surface area contributed by atoms with Crippen LogP contribution in [0.3, 0.4) is 0 Å². The zero-order valence-corrected chi connectivity index (χ0v) is 12.1. The van der Waals surface area contributed by atoms with Crippen molar-refractivity contribution < 1.29 is 4.79 Å². The number of benzene rings is 1. The van der Waals surface area contributed by atoms with Crippen LogP contribution in [0.1, 0.15) is 24.9 Å². The molecular weight excluding hydrogens is 238 g/mol. The highest BCUT2D eigenvalue weighted by Crippen LogP contribution is 2.10. The van der Waals surface area contributed by atoms with Gasteiger partial charge in [-0.05, 0) is 46.1 Å². The van der Waals surface area contributed by atoms with Crippen molar-refractivity contribution in [2.45, 2.75) is 19.4 Å². The Bertz CT molecular complexity index is 367. The molecule has 0 radical (unpaired) electrons. The molecule has 0 fully saturated rings. The van der Waals surface area contributed by atoms with E-state index >= 15 is 0 Å². The Hall–Kier alpha value is -1.39. The summed E-state index contributed by atoms with van der Waals surface area (Å²) in [6.45, 7) is 4.36. The summed E-state index contributed by atoms with van der Waals surface area (Å²) in [5, 5.41) is 6.12. The molecule has 0 aromatic heterocycles. The number of amides is 1. The second-order valence-electron chi connectivity index (χ2n) is 4.89. The summed E-state index contributed by atoms with van der Waals surface area (Å²) in [5.41, 5.74) is 1.13. The van der Waals surface area contributed by atoms with E-state index in [0.29, 0.717) is 6.54 Å². The van der Waals surface area contributed by atoms with Gasteiger partial charge in [0.15, 0.2) is 0 Å². The number of rotatable bonds is 8. The van der Waals surface area contributed by atoms with Crippen LogP contribution in [-0.4, -0.2) is 44.5 Å². The highest BCUT2D eigenvalue weighted by atomic mass is 16.2. The van der Waals surface area contributed by atoms with Crippen LogP contribution in [0.25, 0.3) is 0 Å². The Morgan fingerprint density at radius 3 is 2.63 bits per heavy atom. The zero-order valence-electron chi connectivity index (χ0n) is 12.1. The molecule has 4 nitrogen and oxygen atoms in total. The molecule has 0 aliphatic heterocycles. The fourth-order valence-corrected chi connectivity index (χ4v) is 1.96. The summed E-state index contributed by atoms with van der Waals surface area (Å²) >= 11 is 0. The zero-order chi connectivity index (χ0) is 14.1.